The van der Waals surface area contributed by atoms with Crippen LogP contribution in [0.5, 0.6) is 5.88 Å². The highest BCUT2D eigenvalue weighted by molar-refractivity contribution is 5.96. The minimum atomic E-state index is -2.76. The maximum absolute atomic E-state index is 12.6. The number of amides is 1. The van der Waals surface area contributed by atoms with Gasteiger partial charge in [0, 0.05) is 13.2 Å². The standard InChI is InChI=1S/C9H11F2N3O2/c1-13-3-6(7(12-13)16-2)8(15)14-4-9(10,11)5-14/h3H,4-5H2,1-2H3. The van der Waals surface area contributed by atoms with Crippen LogP contribution in [0.15, 0.2) is 6.20 Å². The minimum Gasteiger partial charge on any atom is -0.479 e. The van der Waals surface area contributed by atoms with E-state index in [-0.39, 0.29) is 11.4 Å². The van der Waals surface area contributed by atoms with Gasteiger partial charge in [0.05, 0.1) is 20.2 Å². The Kier molecular flexibility index (Phi) is 2.32. The quantitative estimate of drug-likeness (QED) is 0.745. The van der Waals surface area contributed by atoms with Crippen LogP contribution >= 0.6 is 0 Å². The third kappa shape index (κ3) is 1.72. The van der Waals surface area contributed by atoms with Crippen molar-refractivity contribution >= 4 is 5.91 Å². The number of hydrogen-bond donors (Lipinski definition) is 0. The number of carbonyl (C=O) groups is 1. The zero-order valence-electron chi connectivity index (χ0n) is 8.91. The van der Waals surface area contributed by atoms with Gasteiger partial charge < -0.3 is 9.64 Å². The summed E-state index contributed by atoms with van der Waals surface area (Å²) in [5.41, 5.74) is 0.209. The van der Waals surface area contributed by atoms with Gasteiger partial charge in [-0.2, -0.15) is 0 Å². The second-order valence-corrected chi connectivity index (χ2v) is 3.74. The Morgan fingerprint density at radius 3 is 2.69 bits per heavy atom. The molecule has 0 spiro atoms. The van der Waals surface area contributed by atoms with Gasteiger partial charge in [-0.05, 0) is 0 Å². The Labute approximate surface area is 90.6 Å². The van der Waals surface area contributed by atoms with Gasteiger partial charge in [0.2, 0.25) is 5.88 Å². The van der Waals surface area contributed by atoms with E-state index in [9.17, 15) is 13.6 Å². The first-order chi connectivity index (χ1) is 7.43. The maximum Gasteiger partial charge on any atom is 0.282 e. The molecule has 1 aliphatic heterocycles. The summed E-state index contributed by atoms with van der Waals surface area (Å²) in [6.07, 6.45) is 1.46. The lowest BCUT2D eigenvalue weighted by atomic mass is 10.1. The summed E-state index contributed by atoms with van der Waals surface area (Å²) in [4.78, 5) is 12.8. The minimum absolute atomic E-state index is 0.155. The number of alkyl halides is 2. The summed E-state index contributed by atoms with van der Waals surface area (Å²) in [5, 5.41) is 3.89. The average molecular weight is 231 g/mol. The first kappa shape index (κ1) is 10.8. The van der Waals surface area contributed by atoms with Gasteiger partial charge in [-0.15, -0.1) is 5.10 Å². The van der Waals surface area contributed by atoms with Crippen LogP contribution in [0.25, 0.3) is 0 Å². The number of likely N-dealkylation sites (tertiary alicyclic amines) is 1. The van der Waals surface area contributed by atoms with Crippen molar-refractivity contribution in [2.45, 2.75) is 5.92 Å². The molecule has 1 amide bonds. The first-order valence-electron chi connectivity index (χ1n) is 4.68. The molecule has 5 nitrogen and oxygen atoms in total. The van der Waals surface area contributed by atoms with Gasteiger partial charge in [-0.25, -0.2) is 8.78 Å². The number of carbonyl (C=O) groups excluding carboxylic acids is 1. The molecule has 0 aliphatic carbocycles. The van der Waals surface area contributed by atoms with E-state index in [1.807, 2.05) is 0 Å². The Morgan fingerprint density at radius 1 is 1.56 bits per heavy atom. The number of nitrogens with zero attached hydrogens (tertiary/aromatic N) is 3. The van der Waals surface area contributed by atoms with Crippen LogP contribution in [-0.4, -0.2) is 46.7 Å². The topological polar surface area (TPSA) is 47.4 Å². The van der Waals surface area contributed by atoms with Gasteiger partial charge in [-0.1, -0.05) is 0 Å². The molecular weight excluding hydrogens is 220 g/mol. The lowest BCUT2D eigenvalue weighted by Gasteiger charge is -2.38. The second kappa shape index (κ2) is 3.43. The van der Waals surface area contributed by atoms with Crippen molar-refractivity contribution in [1.82, 2.24) is 14.7 Å². The van der Waals surface area contributed by atoms with E-state index in [1.165, 1.54) is 18.0 Å². The third-order valence-electron chi connectivity index (χ3n) is 2.35. The fourth-order valence-electron chi connectivity index (χ4n) is 1.59. The zero-order chi connectivity index (χ0) is 11.9. The highest BCUT2D eigenvalue weighted by atomic mass is 19.3. The smallest absolute Gasteiger partial charge is 0.282 e. The molecule has 88 valence electrons. The number of methoxy groups -OCH3 is 1. The van der Waals surface area contributed by atoms with Gasteiger partial charge in [0.25, 0.3) is 11.8 Å². The number of hydrogen-bond acceptors (Lipinski definition) is 3. The van der Waals surface area contributed by atoms with E-state index < -0.39 is 24.9 Å². The number of aryl methyl sites for hydroxylation is 1. The van der Waals surface area contributed by atoms with Crippen molar-refractivity contribution in [2.75, 3.05) is 20.2 Å². The van der Waals surface area contributed by atoms with Crippen LogP contribution in [0.4, 0.5) is 8.78 Å². The van der Waals surface area contributed by atoms with Crippen LogP contribution < -0.4 is 4.74 Å². The number of rotatable bonds is 2. The second-order valence-electron chi connectivity index (χ2n) is 3.74. The summed E-state index contributed by atoms with van der Waals surface area (Å²) in [5.74, 6) is -3.08. The molecule has 0 atom stereocenters. The highest BCUT2D eigenvalue weighted by Gasteiger charge is 2.47. The average Bonchev–Trinajstić information content (AvgIpc) is 2.54. The van der Waals surface area contributed by atoms with Crippen LogP contribution in [0.3, 0.4) is 0 Å². The van der Waals surface area contributed by atoms with Crippen molar-refractivity contribution in [3.63, 3.8) is 0 Å². The number of halogens is 2. The predicted octanol–water partition coefficient (Wildman–Crippen LogP) is 0.520. The van der Waals surface area contributed by atoms with E-state index in [0.29, 0.717) is 0 Å². The molecule has 2 heterocycles. The summed E-state index contributed by atoms with van der Waals surface area (Å²) < 4.78 is 31.5. The van der Waals surface area contributed by atoms with Crippen LogP contribution in [0.2, 0.25) is 0 Å². The van der Waals surface area contributed by atoms with Gasteiger partial charge in [-0.3, -0.25) is 9.48 Å². The van der Waals surface area contributed by atoms with Crippen molar-refractivity contribution in [3.05, 3.63) is 11.8 Å². The molecule has 1 fully saturated rings. The van der Waals surface area contributed by atoms with Crippen molar-refractivity contribution < 1.29 is 18.3 Å². The Morgan fingerprint density at radius 2 is 2.19 bits per heavy atom. The maximum atomic E-state index is 12.6. The highest BCUT2D eigenvalue weighted by Crippen LogP contribution is 2.29. The molecule has 0 N–H and O–H groups in total. The monoisotopic (exact) mass is 231 g/mol. The van der Waals surface area contributed by atoms with Crippen LogP contribution in [0.1, 0.15) is 10.4 Å². The Bertz CT molecular complexity index is 422. The zero-order valence-corrected chi connectivity index (χ0v) is 8.91. The fraction of sp³-hybridized carbons (Fsp3) is 0.556. The molecule has 0 unspecified atom stereocenters. The molecule has 1 saturated heterocycles. The number of ether oxygens (including phenoxy) is 1. The Balaban J connectivity index is 2.15. The van der Waals surface area contributed by atoms with Crippen LogP contribution in [0, 0.1) is 0 Å². The summed E-state index contributed by atoms with van der Waals surface area (Å²) in [6, 6.07) is 0. The molecular formula is C9H11F2N3O2. The lowest BCUT2D eigenvalue weighted by molar-refractivity contribution is -0.113. The van der Waals surface area contributed by atoms with E-state index in [1.54, 1.807) is 7.05 Å². The van der Waals surface area contributed by atoms with E-state index >= 15 is 0 Å². The van der Waals surface area contributed by atoms with Crippen molar-refractivity contribution in [3.8, 4) is 5.88 Å². The molecule has 1 aliphatic rings. The first-order valence-corrected chi connectivity index (χ1v) is 4.68. The fourth-order valence-corrected chi connectivity index (χ4v) is 1.59. The molecule has 1 aromatic rings. The molecule has 0 bridgehead atoms. The summed E-state index contributed by atoms with van der Waals surface area (Å²) in [6.45, 7) is -1.08. The van der Waals surface area contributed by atoms with Gasteiger partial charge in [0.15, 0.2) is 0 Å². The lowest BCUT2D eigenvalue weighted by Crippen LogP contribution is -2.58. The molecule has 0 aromatic carbocycles. The Hall–Kier alpha value is -1.66. The van der Waals surface area contributed by atoms with Crippen molar-refractivity contribution in [2.24, 2.45) is 7.05 Å². The predicted molar refractivity (Wildman–Crippen MR) is 50.6 cm³/mol. The molecule has 0 radical (unpaired) electrons. The van der Waals surface area contributed by atoms with E-state index in [2.05, 4.69) is 5.10 Å². The van der Waals surface area contributed by atoms with E-state index in [0.717, 1.165) is 4.90 Å². The SMILES string of the molecule is COc1nn(C)cc1C(=O)N1CC(F)(F)C1. The van der Waals surface area contributed by atoms with Crippen LogP contribution in [-0.2, 0) is 7.05 Å². The molecule has 1 aromatic heterocycles. The number of aromatic nitrogens is 2. The molecule has 7 heteroatoms. The summed E-state index contributed by atoms with van der Waals surface area (Å²) in [7, 11) is 3.01. The summed E-state index contributed by atoms with van der Waals surface area (Å²) >= 11 is 0. The van der Waals surface area contributed by atoms with Gasteiger partial charge >= 0.3 is 0 Å². The largest absolute Gasteiger partial charge is 0.479 e. The third-order valence-corrected chi connectivity index (χ3v) is 2.35. The molecule has 16 heavy (non-hydrogen) atoms. The van der Waals surface area contributed by atoms with Gasteiger partial charge in [0.1, 0.15) is 5.56 Å². The molecule has 0 saturated carbocycles. The normalized spacial score (nSPS) is 18.1. The molecule has 2 rings (SSSR count). The van der Waals surface area contributed by atoms with E-state index in [4.69, 9.17) is 4.74 Å². The van der Waals surface area contributed by atoms with Crippen molar-refractivity contribution in [1.29, 1.82) is 0 Å².